The predicted molar refractivity (Wildman–Crippen MR) is 105 cm³/mol. The van der Waals surface area contributed by atoms with Gasteiger partial charge in [-0.25, -0.2) is 0 Å². The maximum atomic E-state index is 12.9. The lowest BCUT2D eigenvalue weighted by Gasteiger charge is -2.24. The molecule has 2 aromatic carbocycles. The van der Waals surface area contributed by atoms with Gasteiger partial charge in [-0.15, -0.1) is 0 Å². The van der Waals surface area contributed by atoms with E-state index in [4.69, 9.17) is 13.9 Å². The molecule has 1 aliphatic rings. The first kappa shape index (κ1) is 18.4. The quantitative estimate of drug-likeness (QED) is 0.710. The summed E-state index contributed by atoms with van der Waals surface area (Å²) in [6.45, 7) is 2.77. The number of phenols is 1. The monoisotopic (exact) mass is 382 g/mol. The van der Waals surface area contributed by atoms with Crippen molar-refractivity contribution in [3.63, 3.8) is 0 Å². The standard InChI is InChI=1S/C22H23NO5/c1-26-15-6-5-7-16(12-15)28-20-14-27-22-17(21(20)25)8-9-19(24)18(22)13-23-10-3-2-4-11-23/h5-9,12,14,24H,2-4,10-11,13H2,1H3/p+1. The van der Waals surface area contributed by atoms with Crippen LogP contribution in [0.4, 0.5) is 0 Å². The van der Waals surface area contributed by atoms with E-state index in [0.29, 0.717) is 34.6 Å². The summed E-state index contributed by atoms with van der Waals surface area (Å²) < 4.78 is 16.7. The lowest BCUT2D eigenvalue weighted by molar-refractivity contribution is -0.918. The fourth-order valence-electron chi connectivity index (χ4n) is 3.74. The van der Waals surface area contributed by atoms with Crippen LogP contribution < -0.4 is 19.8 Å². The summed E-state index contributed by atoms with van der Waals surface area (Å²) in [6.07, 6.45) is 4.94. The number of methoxy groups -OCH3 is 1. The number of ether oxygens (including phenoxy) is 2. The second-order valence-corrected chi connectivity index (χ2v) is 7.14. The summed E-state index contributed by atoms with van der Waals surface area (Å²) in [4.78, 5) is 14.3. The number of nitrogens with one attached hydrogen (secondary N) is 1. The van der Waals surface area contributed by atoms with Crippen LogP contribution in [-0.2, 0) is 6.54 Å². The van der Waals surface area contributed by atoms with Crippen molar-refractivity contribution < 1.29 is 23.9 Å². The van der Waals surface area contributed by atoms with E-state index in [-0.39, 0.29) is 16.9 Å². The average molecular weight is 382 g/mol. The first-order valence-corrected chi connectivity index (χ1v) is 9.57. The van der Waals surface area contributed by atoms with Crippen molar-refractivity contribution >= 4 is 11.0 Å². The van der Waals surface area contributed by atoms with E-state index in [1.54, 1.807) is 43.5 Å². The van der Waals surface area contributed by atoms with Crippen molar-refractivity contribution in [3.05, 3.63) is 58.4 Å². The van der Waals surface area contributed by atoms with Gasteiger partial charge in [0.2, 0.25) is 11.2 Å². The zero-order valence-electron chi connectivity index (χ0n) is 15.9. The number of hydrogen-bond acceptors (Lipinski definition) is 5. The molecule has 6 nitrogen and oxygen atoms in total. The number of piperidine rings is 1. The number of fused-ring (bicyclic) bond motifs is 1. The Kier molecular flexibility index (Phi) is 5.21. The van der Waals surface area contributed by atoms with Gasteiger partial charge in [0.25, 0.3) is 0 Å². The Morgan fingerprint density at radius 3 is 2.68 bits per heavy atom. The first-order valence-electron chi connectivity index (χ1n) is 9.57. The SMILES string of the molecule is COc1cccc(Oc2coc3c(C[NH+]4CCCCC4)c(O)ccc3c2=O)c1. The van der Waals surface area contributed by atoms with Gasteiger partial charge in [0.15, 0.2) is 5.58 Å². The molecule has 3 aromatic rings. The summed E-state index contributed by atoms with van der Waals surface area (Å²) in [5, 5.41) is 10.8. The van der Waals surface area contributed by atoms with Crippen LogP contribution in [0.5, 0.6) is 23.0 Å². The van der Waals surface area contributed by atoms with Gasteiger partial charge in [-0.3, -0.25) is 4.79 Å². The van der Waals surface area contributed by atoms with Crippen molar-refractivity contribution in [2.45, 2.75) is 25.8 Å². The highest BCUT2D eigenvalue weighted by Crippen LogP contribution is 2.29. The summed E-state index contributed by atoms with van der Waals surface area (Å²) in [5.41, 5.74) is 0.847. The molecule has 0 spiro atoms. The molecule has 6 heteroatoms. The molecule has 0 radical (unpaired) electrons. The minimum Gasteiger partial charge on any atom is -0.507 e. The maximum absolute atomic E-state index is 12.9. The van der Waals surface area contributed by atoms with Gasteiger partial charge in [-0.1, -0.05) is 6.07 Å². The molecular weight excluding hydrogens is 358 g/mol. The summed E-state index contributed by atoms with van der Waals surface area (Å²) in [5.74, 6) is 1.39. The van der Waals surface area contributed by atoms with E-state index in [2.05, 4.69) is 0 Å². The molecule has 0 unspecified atom stereocenters. The van der Waals surface area contributed by atoms with Crippen molar-refractivity contribution in [1.29, 1.82) is 0 Å². The van der Waals surface area contributed by atoms with Crippen molar-refractivity contribution in [2.75, 3.05) is 20.2 Å². The van der Waals surface area contributed by atoms with Crippen LogP contribution in [0.3, 0.4) is 0 Å². The molecule has 4 rings (SSSR count). The Morgan fingerprint density at radius 1 is 1.11 bits per heavy atom. The molecule has 1 saturated heterocycles. The molecule has 0 bridgehead atoms. The lowest BCUT2D eigenvalue weighted by atomic mass is 10.1. The third-order valence-electron chi connectivity index (χ3n) is 5.24. The second-order valence-electron chi connectivity index (χ2n) is 7.14. The molecule has 0 aliphatic carbocycles. The molecule has 0 saturated carbocycles. The van der Waals surface area contributed by atoms with Crippen LogP contribution in [0, 0.1) is 0 Å². The van der Waals surface area contributed by atoms with Gasteiger partial charge in [0, 0.05) is 6.07 Å². The third-order valence-corrected chi connectivity index (χ3v) is 5.24. The van der Waals surface area contributed by atoms with Crippen molar-refractivity contribution in [1.82, 2.24) is 0 Å². The smallest absolute Gasteiger partial charge is 0.235 e. The lowest BCUT2D eigenvalue weighted by Crippen LogP contribution is -3.11. The highest BCUT2D eigenvalue weighted by molar-refractivity contribution is 5.82. The van der Waals surface area contributed by atoms with Gasteiger partial charge in [0.1, 0.15) is 30.1 Å². The molecule has 0 amide bonds. The summed E-state index contributed by atoms with van der Waals surface area (Å²) in [6, 6.07) is 10.2. The molecule has 2 N–H and O–H groups in total. The van der Waals surface area contributed by atoms with Gasteiger partial charge in [-0.05, 0) is 43.5 Å². The first-order chi connectivity index (χ1) is 13.7. The second kappa shape index (κ2) is 7.94. The summed E-state index contributed by atoms with van der Waals surface area (Å²) >= 11 is 0. The number of hydrogen-bond donors (Lipinski definition) is 2. The largest absolute Gasteiger partial charge is 0.507 e. The molecular formula is C22H24NO5+. The predicted octanol–water partition coefficient (Wildman–Crippen LogP) is 2.87. The zero-order chi connectivity index (χ0) is 19.5. The molecule has 2 heterocycles. The zero-order valence-corrected chi connectivity index (χ0v) is 15.9. The fraction of sp³-hybridized carbons (Fsp3) is 0.318. The van der Waals surface area contributed by atoms with Crippen LogP contribution in [0.25, 0.3) is 11.0 Å². The molecule has 1 fully saturated rings. The van der Waals surface area contributed by atoms with Gasteiger partial charge in [-0.2, -0.15) is 0 Å². The van der Waals surface area contributed by atoms with Crippen LogP contribution in [0.1, 0.15) is 24.8 Å². The number of likely N-dealkylation sites (tertiary alicyclic amines) is 1. The topological polar surface area (TPSA) is 73.3 Å². The Balaban J connectivity index is 1.69. The Hall–Kier alpha value is -2.99. The van der Waals surface area contributed by atoms with Crippen LogP contribution in [-0.4, -0.2) is 25.3 Å². The molecule has 1 aliphatic heterocycles. The fourth-order valence-corrected chi connectivity index (χ4v) is 3.74. The van der Waals surface area contributed by atoms with E-state index < -0.39 is 0 Å². The number of aromatic hydroxyl groups is 1. The number of quaternary nitrogens is 1. The minimum absolute atomic E-state index is 0.0997. The molecule has 0 atom stereocenters. The Bertz CT molecular complexity index is 1040. The number of rotatable bonds is 5. The van der Waals surface area contributed by atoms with E-state index >= 15 is 0 Å². The molecule has 1 aromatic heterocycles. The average Bonchev–Trinajstić information content (AvgIpc) is 2.73. The minimum atomic E-state index is -0.265. The Labute approximate surface area is 162 Å². The summed E-state index contributed by atoms with van der Waals surface area (Å²) in [7, 11) is 1.57. The number of phenolic OH excluding ortho intramolecular Hbond substituents is 1. The highest BCUT2D eigenvalue weighted by atomic mass is 16.5. The molecule has 28 heavy (non-hydrogen) atoms. The van der Waals surface area contributed by atoms with Crippen molar-refractivity contribution in [3.8, 4) is 23.0 Å². The van der Waals surface area contributed by atoms with Gasteiger partial charge < -0.3 is 23.9 Å². The maximum Gasteiger partial charge on any atom is 0.235 e. The van der Waals surface area contributed by atoms with E-state index in [1.165, 1.54) is 30.4 Å². The number of benzene rings is 2. The van der Waals surface area contributed by atoms with Gasteiger partial charge in [0.05, 0.1) is 31.1 Å². The normalized spacial score (nSPS) is 14.9. The third kappa shape index (κ3) is 3.68. The van der Waals surface area contributed by atoms with Crippen molar-refractivity contribution in [2.24, 2.45) is 0 Å². The van der Waals surface area contributed by atoms with E-state index in [1.807, 2.05) is 0 Å². The van der Waals surface area contributed by atoms with E-state index in [9.17, 15) is 9.90 Å². The van der Waals surface area contributed by atoms with E-state index in [0.717, 1.165) is 13.1 Å². The van der Waals surface area contributed by atoms with Crippen LogP contribution in [0.15, 0.2) is 51.9 Å². The Morgan fingerprint density at radius 2 is 1.89 bits per heavy atom. The van der Waals surface area contributed by atoms with Gasteiger partial charge >= 0.3 is 0 Å². The highest BCUT2D eigenvalue weighted by Gasteiger charge is 2.21. The van der Waals surface area contributed by atoms with Crippen LogP contribution in [0.2, 0.25) is 0 Å². The van der Waals surface area contributed by atoms with Crippen LogP contribution >= 0.6 is 0 Å². The molecule has 146 valence electrons.